The van der Waals surface area contributed by atoms with Crippen molar-refractivity contribution in [3.8, 4) is 33.4 Å². The summed E-state index contributed by atoms with van der Waals surface area (Å²) in [5.74, 6) is -0.413. The van der Waals surface area contributed by atoms with Gasteiger partial charge in [0.25, 0.3) is 0 Å². The summed E-state index contributed by atoms with van der Waals surface area (Å²) in [5.41, 5.74) is 18.8. The topological polar surface area (TPSA) is 59.1 Å². The van der Waals surface area contributed by atoms with Crippen LogP contribution in [0.1, 0.15) is 58.3 Å². The summed E-state index contributed by atoms with van der Waals surface area (Å²) in [7, 11) is 2.87. The van der Waals surface area contributed by atoms with Crippen LogP contribution in [0.4, 0.5) is 22.7 Å². The highest BCUT2D eigenvalue weighted by atomic mass is 16.5. The molecule has 314 valence electrons. The Labute approximate surface area is 375 Å². The number of fused-ring (bicyclic) bond motifs is 6. The average molecular weight is 837 g/mol. The molecule has 0 amide bonds. The number of carbonyl (C=O) groups is 2. The van der Waals surface area contributed by atoms with E-state index >= 15 is 0 Å². The van der Waals surface area contributed by atoms with E-state index in [1.807, 2.05) is 0 Å². The molecule has 0 aliphatic heterocycles. The minimum atomic E-state index is -0.206. The lowest BCUT2D eigenvalue weighted by atomic mass is 9.98. The number of carbonyl (C=O) groups excluding carboxylic acids is 2. The standard InChI is InChI=1S/C58H48N2O4/c1-63-55(61)37-23-39-19-29-43(30-20-39)59(57-51-15-7-3-11-47(51)48-12-4-8-16-52(48)57)45-33-25-41(26-34-45)42-27-35-46(36-28-42)60(44-31-21-40(22-32-44)24-38-56(62)64-2)58-53-17-9-5-13-49(53)50-14-6-10-18-54(50)58/h3-22,25-36,57-58H,23-24,37-38H2,1-2H3. The van der Waals surface area contributed by atoms with Crippen LogP contribution in [0.3, 0.4) is 0 Å². The maximum absolute atomic E-state index is 11.9. The lowest BCUT2D eigenvalue weighted by Crippen LogP contribution is -2.23. The molecule has 0 saturated heterocycles. The van der Waals surface area contributed by atoms with Gasteiger partial charge in [0, 0.05) is 35.6 Å². The Balaban J connectivity index is 0.996. The van der Waals surface area contributed by atoms with Crippen LogP contribution in [-0.4, -0.2) is 26.2 Å². The molecule has 6 heteroatoms. The third-order valence-corrected chi connectivity index (χ3v) is 12.9. The van der Waals surface area contributed by atoms with Gasteiger partial charge in [0.05, 0.1) is 26.3 Å². The van der Waals surface area contributed by atoms with Crippen molar-refractivity contribution in [2.45, 2.75) is 37.8 Å². The summed E-state index contributed by atoms with van der Waals surface area (Å²) in [6.45, 7) is 0. The summed E-state index contributed by atoms with van der Waals surface area (Å²) in [6.07, 6.45) is 1.94. The predicted molar refractivity (Wildman–Crippen MR) is 257 cm³/mol. The van der Waals surface area contributed by atoms with E-state index in [1.54, 1.807) is 0 Å². The fraction of sp³-hybridized carbons (Fsp3) is 0.138. The second-order valence-corrected chi connectivity index (χ2v) is 16.5. The van der Waals surface area contributed by atoms with Gasteiger partial charge in [-0.15, -0.1) is 0 Å². The van der Waals surface area contributed by atoms with Crippen molar-refractivity contribution in [1.82, 2.24) is 0 Å². The maximum Gasteiger partial charge on any atom is 0.305 e. The van der Waals surface area contributed by atoms with Crippen LogP contribution in [0.2, 0.25) is 0 Å². The number of ether oxygens (including phenoxy) is 2. The molecule has 0 heterocycles. The molecule has 10 rings (SSSR count). The van der Waals surface area contributed by atoms with Gasteiger partial charge in [-0.25, -0.2) is 0 Å². The molecule has 8 aromatic rings. The molecular weight excluding hydrogens is 789 g/mol. The third-order valence-electron chi connectivity index (χ3n) is 12.9. The van der Waals surface area contributed by atoms with Crippen LogP contribution in [0, 0.1) is 0 Å². The Morgan fingerprint density at radius 3 is 0.922 bits per heavy atom. The first-order chi connectivity index (χ1) is 31.5. The second kappa shape index (κ2) is 17.6. The van der Waals surface area contributed by atoms with Crippen LogP contribution >= 0.6 is 0 Å². The fourth-order valence-electron chi connectivity index (χ4n) is 9.68. The Morgan fingerprint density at radius 2 is 0.641 bits per heavy atom. The lowest BCUT2D eigenvalue weighted by Gasteiger charge is -2.33. The van der Waals surface area contributed by atoms with Gasteiger partial charge in [-0.05, 0) is 128 Å². The molecule has 0 radical (unpaired) electrons. The van der Waals surface area contributed by atoms with Crippen LogP contribution < -0.4 is 9.80 Å². The summed E-state index contributed by atoms with van der Waals surface area (Å²) < 4.78 is 9.81. The number of nitrogens with zero attached hydrogens (tertiary/aromatic N) is 2. The zero-order chi connectivity index (χ0) is 43.6. The van der Waals surface area contributed by atoms with E-state index in [2.05, 4.69) is 204 Å². The molecule has 0 N–H and O–H groups in total. The monoisotopic (exact) mass is 836 g/mol. The van der Waals surface area contributed by atoms with Gasteiger partial charge >= 0.3 is 11.9 Å². The summed E-state index contributed by atoms with van der Waals surface area (Å²) in [6, 6.07) is 69.9. The first-order valence-electron chi connectivity index (χ1n) is 22.0. The van der Waals surface area contributed by atoms with Gasteiger partial charge in [-0.3, -0.25) is 9.59 Å². The van der Waals surface area contributed by atoms with Crippen molar-refractivity contribution in [1.29, 1.82) is 0 Å². The molecule has 64 heavy (non-hydrogen) atoms. The third kappa shape index (κ3) is 7.62. The molecule has 0 aromatic heterocycles. The van der Waals surface area contributed by atoms with Crippen molar-refractivity contribution in [3.05, 3.63) is 228 Å². The quantitative estimate of drug-likeness (QED) is 0.108. The predicted octanol–water partition coefficient (Wildman–Crippen LogP) is 13.4. The summed E-state index contributed by atoms with van der Waals surface area (Å²) in [4.78, 5) is 28.7. The van der Waals surface area contributed by atoms with Crippen LogP contribution in [-0.2, 0) is 31.9 Å². The minimum absolute atomic E-state index is 0.0304. The molecule has 8 aromatic carbocycles. The summed E-state index contributed by atoms with van der Waals surface area (Å²) in [5, 5.41) is 0. The Hall–Kier alpha value is -7.70. The molecule has 2 aliphatic carbocycles. The van der Waals surface area contributed by atoms with Crippen molar-refractivity contribution in [2.24, 2.45) is 0 Å². The number of benzene rings is 8. The van der Waals surface area contributed by atoms with Crippen LogP contribution in [0.15, 0.2) is 194 Å². The van der Waals surface area contributed by atoms with Crippen molar-refractivity contribution in [2.75, 3.05) is 24.0 Å². The highest BCUT2D eigenvalue weighted by Crippen LogP contribution is 2.52. The van der Waals surface area contributed by atoms with Gasteiger partial charge < -0.3 is 19.3 Å². The van der Waals surface area contributed by atoms with E-state index in [0.29, 0.717) is 25.7 Å². The Morgan fingerprint density at radius 1 is 0.375 bits per heavy atom. The molecule has 0 fully saturated rings. The van der Waals surface area contributed by atoms with Crippen LogP contribution in [0.25, 0.3) is 33.4 Å². The average Bonchev–Trinajstić information content (AvgIpc) is 3.87. The number of aryl methyl sites for hydroxylation is 2. The van der Waals surface area contributed by atoms with E-state index < -0.39 is 0 Å². The number of esters is 2. The molecule has 2 aliphatic rings. The maximum atomic E-state index is 11.9. The van der Waals surface area contributed by atoms with Gasteiger partial charge in [0.2, 0.25) is 0 Å². The molecule has 6 nitrogen and oxygen atoms in total. The van der Waals surface area contributed by atoms with E-state index in [-0.39, 0.29) is 24.0 Å². The van der Waals surface area contributed by atoms with E-state index in [9.17, 15) is 9.59 Å². The fourth-order valence-corrected chi connectivity index (χ4v) is 9.68. The normalized spacial score (nSPS) is 12.5. The SMILES string of the molecule is COC(=O)CCc1ccc(N(c2ccc(-c3ccc(N(c4ccc(CCC(=O)OC)cc4)C4c5ccccc5-c5ccccc54)cc3)cc2)C2c3ccccc3-c3ccccc32)cc1. The van der Waals surface area contributed by atoms with Crippen LogP contribution in [0.5, 0.6) is 0 Å². The first-order valence-corrected chi connectivity index (χ1v) is 22.0. The van der Waals surface area contributed by atoms with Gasteiger partial charge in [-0.1, -0.05) is 146 Å². The summed E-state index contributed by atoms with van der Waals surface area (Å²) >= 11 is 0. The van der Waals surface area contributed by atoms with Gasteiger partial charge in [0.1, 0.15) is 0 Å². The largest absolute Gasteiger partial charge is 0.469 e. The number of anilines is 4. The molecule has 0 atom stereocenters. The van der Waals surface area contributed by atoms with Crippen molar-refractivity contribution >= 4 is 34.7 Å². The van der Waals surface area contributed by atoms with Crippen molar-refractivity contribution in [3.63, 3.8) is 0 Å². The van der Waals surface area contributed by atoms with E-state index in [0.717, 1.165) is 45.0 Å². The highest BCUT2D eigenvalue weighted by molar-refractivity contribution is 5.85. The molecule has 0 spiro atoms. The molecule has 0 bridgehead atoms. The molecule has 0 saturated carbocycles. The van der Waals surface area contributed by atoms with Gasteiger partial charge in [0.15, 0.2) is 0 Å². The zero-order valence-electron chi connectivity index (χ0n) is 36.0. The molecular formula is C58H48N2O4. The lowest BCUT2D eigenvalue weighted by molar-refractivity contribution is -0.141. The van der Waals surface area contributed by atoms with E-state index in [1.165, 1.54) is 58.7 Å². The van der Waals surface area contributed by atoms with E-state index in [4.69, 9.17) is 9.47 Å². The smallest absolute Gasteiger partial charge is 0.305 e. The number of rotatable bonds is 13. The molecule has 0 unspecified atom stereocenters. The number of methoxy groups -OCH3 is 2. The first kappa shape index (κ1) is 40.4. The second-order valence-electron chi connectivity index (χ2n) is 16.5. The minimum Gasteiger partial charge on any atom is -0.469 e. The highest BCUT2D eigenvalue weighted by Gasteiger charge is 2.35. The Bertz CT molecular complexity index is 2660. The number of hydrogen-bond acceptors (Lipinski definition) is 6. The van der Waals surface area contributed by atoms with Gasteiger partial charge in [-0.2, -0.15) is 0 Å². The van der Waals surface area contributed by atoms with Crippen molar-refractivity contribution < 1.29 is 19.1 Å². The Kier molecular flexibility index (Phi) is 11.1. The number of hydrogen-bond donors (Lipinski definition) is 0. The zero-order valence-corrected chi connectivity index (χ0v) is 36.0.